The number of fused-ring (bicyclic) bond motifs is 1. The number of morpholine rings is 1. The lowest BCUT2D eigenvalue weighted by atomic mass is 9.95. The Labute approximate surface area is 150 Å². The van der Waals surface area contributed by atoms with E-state index in [1.54, 1.807) is 12.4 Å². The smallest absolute Gasteiger partial charge is 0.147 e. The third kappa shape index (κ3) is 3.06. The molecule has 0 saturated carbocycles. The van der Waals surface area contributed by atoms with E-state index in [0.717, 1.165) is 29.6 Å². The molecule has 0 spiro atoms. The Kier molecular flexibility index (Phi) is 4.53. The highest BCUT2D eigenvalue weighted by molar-refractivity contribution is 6.35. The number of hydrogen-bond acceptors (Lipinski definition) is 5. The van der Waals surface area contributed by atoms with Crippen molar-refractivity contribution in [3.8, 4) is 5.75 Å². The summed E-state index contributed by atoms with van der Waals surface area (Å²) in [5, 5.41) is 12.3. The number of phenolic OH excluding ortho intramolecular Hbond substituents is 1. The number of nitrogens with zero attached hydrogens (tertiary/aromatic N) is 3. The number of aromatic nitrogens is 2. The highest BCUT2D eigenvalue weighted by Crippen LogP contribution is 2.40. The summed E-state index contributed by atoms with van der Waals surface area (Å²) in [7, 11) is 0. The molecule has 0 unspecified atom stereocenters. The van der Waals surface area contributed by atoms with Gasteiger partial charge in [0.2, 0.25) is 0 Å². The summed E-state index contributed by atoms with van der Waals surface area (Å²) in [6, 6.07) is 9.29. The third-order valence-electron chi connectivity index (χ3n) is 4.55. The molecule has 1 aliphatic heterocycles. The Morgan fingerprint density at radius 1 is 1.16 bits per heavy atom. The van der Waals surface area contributed by atoms with E-state index in [9.17, 15) is 5.11 Å². The topological polar surface area (TPSA) is 58.5 Å². The van der Waals surface area contributed by atoms with Crippen LogP contribution < -0.4 is 0 Å². The summed E-state index contributed by atoms with van der Waals surface area (Å²) < 4.78 is 5.49. The number of rotatable bonds is 3. The van der Waals surface area contributed by atoms with Crippen molar-refractivity contribution in [2.24, 2.45) is 0 Å². The molecule has 1 N–H and O–H groups in total. The zero-order chi connectivity index (χ0) is 17.2. The average molecular weight is 356 g/mol. The van der Waals surface area contributed by atoms with E-state index in [0.29, 0.717) is 23.8 Å². The van der Waals surface area contributed by atoms with Gasteiger partial charge in [-0.2, -0.15) is 0 Å². The molecule has 0 aliphatic carbocycles. The highest BCUT2D eigenvalue weighted by Gasteiger charge is 2.28. The standard InChI is InChI=1S/C19H18ClN3O2/c20-16-11-15(19(24)17-14(16)4-2-6-22-17)18(13-3-1-5-21-12-13)23-7-9-25-10-8-23/h1-6,11-12,18,24H,7-10H2/t18-/m1/s1. The zero-order valence-corrected chi connectivity index (χ0v) is 14.4. The number of halogens is 1. The first-order valence-corrected chi connectivity index (χ1v) is 8.61. The quantitative estimate of drug-likeness (QED) is 0.780. The van der Waals surface area contributed by atoms with Crippen molar-refractivity contribution in [3.05, 3.63) is 65.1 Å². The molecular weight excluding hydrogens is 338 g/mol. The Balaban J connectivity index is 1.90. The van der Waals surface area contributed by atoms with Gasteiger partial charge in [-0.05, 0) is 29.8 Å². The number of benzene rings is 1. The first-order valence-electron chi connectivity index (χ1n) is 8.23. The molecule has 1 fully saturated rings. The Morgan fingerprint density at radius 2 is 1.96 bits per heavy atom. The minimum absolute atomic E-state index is 0.151. The van der Waals surface area contributed by atoms with Gasteiger partial charge in [-0.1, -0.05) is 17.7 Å². The van der Waals surface area contributed by atoms with Crippen molar-refractivity contribution >= 4 is 22.5 Å². The monoisotopic (exact) mass is 355 g/mol. The molecule has 0 radical (unpaired) electrons. The molecular formula is C19H18ClN3O2. The highest BCUT2D eigenvalue weighted by atomic mass is 35.5. The zero-order valence-electron chi connectivity index (χ0n) is 13.6. The number of pyridine rings is 2. The van der Waals surface area contributed by atoms with Crippen molar-refractivity contribution in [1.82, 2.24) is 14.9 Å². The van der Waals surface area contributed by atoms with Gasteiger partial charge in [-0.25, -0.2) is 0 Å². The minimum Gasteiger partial charge on any atom is -0.505 e. The molecule has 4 rings (SSSR count). The number of aromatic hydroxyl groups is 1. The first kappa shape index (κ1) is 16.3. The fourth-order valence-electron chi connectivity index (χ4n) is 3.37. The maximum atomic E-state index is 10.9. The van der Waals surface area contributed by atoms with Gasteiger partial charge in [-0.3, -0.25) is 14.9 Å². The summed E-state index contributed by atoms with van der Waals surface area (Å²) >= 11 is 6.49. The largest absolute Gasteiger partial charge is 0.505 e. The molecule has 3 heterocycles. The van der Waals surface area contributed by atoms with Gasteiger partial charge in [0, 0.05) is 42.6 Å². The van der Waals surface area contributed by atoms with Crippen LogP contribution in [0.15, 0.2) is 48.9 Å². The van der Waals surface area contributed by atoms with E-state index >= 15 is 0 Å². The fraction of sp³-hybridized carbons (Fsp3) is 0.263. The Morgan fingerprint density at radius 3 is 2.72 bits per heavy atom. The molecule has 1 atom stereocenters. The predicted molar refractivity (Wildman–Crippen MR) is 96.9 cm³/mol. The summed E-state index contributed by atoms with van der Waals surface area (Å²) in [6.07, 6.45) is 5.24. The summed E-state index contributed by atoms with van der Waals surface area (Å²) in [4.78, 5) is 10.9. The molecule has 2 aromatic heterocycles. The van der Waals surface area contributed by atoms with Crippen LogP contribution in [0.25, 0.3) is 10.9 Å². The van der Waals surface area contributed by atoms with Crippen LogP contribution in [0.1, 0.15) is 17.2 Å². The van der Waals surface area contributed by atoms with Crippen LogP contribution in [0.3, 0.4) is 0 Å². The average Bonchev–Trinajstić information content (AvgIpc) is 2.68. The molecule has 1 aliphatic rings. The molecule has 1 aromatic carbocycles. The number of hydrogen-bond donors (Lipinski definition) is 1. The van der Waals surface area contributed by atoms with Crippen LogP contribution in [-0.4, -0.2) is 46.3 Å². The SMILES string of the molecule is Oc1c([C@@H](c2cccnc2)N2CCOCC2)cc(Cl)c2cccnc12. The van der Waals surface area contributed by atoms with E-state index in [1.807, 2.05) is 36.5 Å². The number of ether oxygens (including phenoxy) is 1. The van der Waals surface area contributed by atoms with Crippen LogP contribution in [0.4, 0.5) is 0 Å². The number of phenols is 1. The van der Waals surface area contributed by atoms with Crippen molar-refractivity contribution in [3.63, 3.8) is 0 Å². The van der Waals surface area contributed by atoms with Crippen LogP contribution in [0.5, 0.6) is 5.75 Å². The lowest BCUT2D eigenvalue weighted by molar-refractivity contribution is 0.0235. The van der Waals surface area contributed by atoms with Gasteiger partial charge in [0.05, 0.1) is 24.3 Å². The van der Waals surface area contributed by atoms with E-state index in [-0.39, 0.29) is 11.8 Å². The van der Waals surface area contributed by atoms with Crippen LogP contribution in [0.2, 0.25) is 5.02 Å². The molecule has 3 aromatic rings. The van der Waals surface area contributed by atoms with Crippen LogP contribution >= 0.6 is 11.6 Å². The second-order valence-electron chi connectivity index (χ2n) is 6.03. The fourth-order valence-corrected chi connectivity index (χ4v) is 3.65. The van der Waals surface area contributed by atoms with Crippen molar-refractivity contribution in [2.45, 2.75) is 6.04 Å². The van der Waals surface area contributed by atoms with E-state index in [4.69, 9.17) is 16.3 Å². The maximum absolute atomic E-state index is 10.9. The summed E-state index contributed by atoms with van der Waals surface area (Å²) in [5.74, 6) is 0.167. The molecule has 25 heavy (non-hydrogen) atoms. The third-order valence-corrected chi connectivity index (χ3v) is 4.86. The van der Waals surface area contributed by atoms with E-state index in [2.05, 4.69) is 14.9 Å². The first-order chi connectivity index (χ1) is 12.3. The van der Waals surface area contributed by atoms with Gasteiger partial charge < -0.3 is 9.84 Å². The van der Waals surface area contributed by atoms with Crippen molar-refractivity contribution in [2.75, 3.05) is 26.3 Å². The summed E-state index contributed by atoms with van der Waals surface area (Å²) in [6.45, 7) is 2.88. The van der Waals surface area contributed by atoms with Crippen molar-refractivity contribution < 1.29 is 9.84 Å². The molecule has 0 bridgehead atoms. The van der Waals surface area contributed by atoms with E-state index in [1.165, 1.54) is 0 Å². The molecule has 6 heteroatoms. The Bertz CT molecular complexity index is 882. The minimum atomic E-state index is -0.151. The molecule has 1 saturated heterocycles. The second kappa shape index (κ2) is 6.96. The van der Waals surface area contributed by atoms with E-state index < -0.39 is 0 Å². The van der Waals surface area contributed by atoms with Crippen LogP contribution in [0, 0.1) is 0 Å². The molecule has 5 nitrogen and oxygen atoms in total. The van der Waals surface area contributed by atoms with Crippen molar-refractivity contribution in [1.29, 1.82) is 0 Å². The van der Waals surface area contributed by atoms with Crippen LogP contribution in [-0.2, 0) is 4.74 Å². The molecule has 0 amide bonds. The maximum Gasteiger partial charge on any atom is 0.147 e. The lowest BCUT2D eigenvalue weighted by Gasteiger charge is -2.35. The normalized spacial score (nSPS) is 16.8. The van der Waals surface area contributed by atoms with Gasteiger partial charge in [0.1, 0.15) is 11.3 Å². The Hall–Kier alpha value is -2.21. The molecule has 128 valence electrons. The van der Waals surface area contributed by atoms with Gasteiger partial charge >= 0.3 is 0 Å². The predicted octanol–water partition coefficient (Wildman–Crippen LogP) is 3.41. The second-order valence-corrected chi connectivity index (χ2v) is 6.44. The van der Waals surface area contributed by atoms with Gasteiger partial charge in [-0.15, -0.1) is 0 Å². The van der Waals surface area contributed by atoms with Gasteiger partial charge in [0.25, 0.3) is 0 Å². The summed E-state index contributed by atoms with van der Waals surface area (Å²) in [5.41, 5.74) is 2.27. The van der Waals surface area contributed by atoms with Gasteiger partial charge in [0.15, 0.2) is 0 Å². The lowest BCUT2D eigenvalue weighted by Crippen LogP contribution is -2.39.